The average Bonchev–Trinajstić information content (AvgIpc) is 2.96. The van der Waals surface area contributed by atoms with Crippen molar-refractivity contribution in [3.8, 4) is 11.3 Å². The van der Waals surface area contributed by atoms with Crippen molar-refractivity contribution in [2.75, 3.05) is 25.3 Å². The summed E-state index contributed by atoms with van der Waals surface area (Å²) in [5.74, 6) is -0.296. The molecule has 0 aliphatic rings. The molecule has 0 spiro atoms. The van der Waals surface area contributed by atoms with E-state index < -0.39 is 6.04 Å². The van der Waals surface area contributed by atoms with E-state index >= 15 is 0 Å². The molecule has 0 aliphatic carbocycles. The van der Waals surface area contributed by atoms with Crippen LogP contribution in [0, 0.1) is 0 Å². The monoisotopic (exact) mass is 359 g/mol. The van der Waals surface area contributed by atoms with E-state index in [-0.39, 0.29) is 24.9 Å². The highest BCUT2D eigenvalue weighted by Crippen LogP contribution is 2.26. The van der Waals surface area contributed by atoms with Crippen molar-refractivity contribution >= 4 is 46.5 Å². The van der Waals surface area contributed by atoms with Crippen molar-refractivity contribution in [3.05, 3.63) is 29.6 Å². The molecular weight excluding hydrogens is 342 g/mol. The number of rotatable bonds is 6. The van der Waals surface area contributed by atoms with E-state index in [4.69, 9.17) is 10.5 Å². The number of ether oxygens (including phenoxy) is 1. The van der Waals surface area contributed by atoms with Gasteiger partial charge >= 0.3 is 0 Å². The van der Waals surface area contributed by atoms with Crippen LogP contribution in [0.1, 0.15) is 0 Å². The first kappa shape index (κ1) is 18.9. The van der Waals surface area contributed by atoms with Crippen molar-refractivity contribution in [1.82, 2.24) is 4.98 Å². The fourth-order valence-corrected chi connectivity index (χ4v) is 2.81. The largest absolute Gasteiger partial charge is 0.383 e. The molecule has 0 saturated carbocycles. The number of nitrogens with one attached hydrogen (secondary N) is 1. The van der Waals surface area contributed by atoms with Crippen molar-refractivity contribution in [3.63, 3.8) is 0 Å². The van der Waals surface area contributed by atoms with Gasteiger partial charge in [-0.3, -0.25) is 4.79 Å². The summed E-state index contributed by atoms with van der Waals surface area (Å²) >= 11 is 3.07. The lowest BCUT2D eigenvalue weighted by Crippen LogP contribution is -2.39. The minimum absolute atomic E-state index is 0. The number of nitrogens with zero attached hydrogens (tertiary/aromatic N) is 1. The van der Waals surface area contributed by atoms with Crippen molar-refractivity contribution in [2.24, 2.45) is 5.73 Å². The highest BCUT2D eigenvalue weighted by molar-refractivity contribution is 7.98. The molecule has 0 aliphatic heterocycles. The second-order valence-corrected chi connectivity index (χ2v) is 6.06. The Labute approximate surface area is 144 Å². The number of hydrogen-bond acceptors (Lipinski definition) is 6. The minimum Gasteiger partial charge on any atom is -0.383 e. The van der Waals surface area contributed by atoms with Crippen LogP contribution in [0.2, 0.25) is 0 Å². The van der Waals surface area contributed by atoms with Crippen molar-refractivity contribution < 1.29 is 9.53 Å². The Morgan fingerprint density at radius 2 is 2.14 bits per heavy atom. The molecule has 8 heteroatoms. The third kappa shape index (κ3) is 4.96. The molecule has 1 heterocycles. The maximum Gasteiger partial charge on any atom is 0.245 e. The van der Waals surface area contributed by atoms with Gasteiger partial charge in [0.1, 0.15) is 6.04 Å². The Kier molecular flexibility index (Phi) is 7.84. The Bertz CT molecular complexity index is 604. The lowest BCUT2D eigenvalue weighted by atomic mass is 10.2. The van der Waals surface area contributed by atoms with Crippen LogP contribution in [-0.4, -0.2) is 36.9 Å². The number of methoxy groups -OCH3 is 1. The number of halogens is 1. The molecule has 2 rings (SSSR count). The van der Waals surface area contributed by atoms with Gasteiger partial charge in [0.2, 0.25) is 5.91 Å². The predicted octanol–water partition coefficient (Wildman–Crippen LogP) is 2.87. The summed E-state index contributed by atoms with van der Waals surface area (Å²) in [6.45, 7) is 0.181. The molecule has 1 unspecified atom stereocenters. The molecule has 0 radical (unpaired) electrons. The fraction of sp³-hybridized carbons (Fsp3) is 0.286. The van der Waals surface area contributed by atoms with Gasteiger partial charge in [-0.05, 0) is 18.4 Å². The lowest BCUT2D eigenvalue weighted by molar-refractivity contribution is -0.118. The fourth-order valence-electron chi connectivity index (χ4n) is 1.68. The van der Waals surface area contributed by atoms with Gasteiger partial charge in [0.15, 0.2) is 5.13 Å². The number of amides is 1. The van der Waals surface area contributed by atoms with Crippen LogP contribution in [0.15, 0.2) is 34.5 Å². The van der Waals surface area contributed by atoms with E-state index in [0.29, 0.717) is 5.13 Å². The SMILES string of the molecule is COCC(N)C(=O)Nc1nc(-c2ccc(SC)cc2)cs1.Cl. The highest BCUT2D eigenvalue weighted by Gasteiger charge is 2.15. The van der Waals surface area contributed by atoms with Gasteiger partial charge in [0.25, 0.3) is 0 Å². The zero-order valence-electron chi connectivity index (χ0n) is 12.2. The number of aromatic nitrogens is 1. The molecule has 22 heavy (non-hydrogen) atoms. The second kappa shape index (κ2) is 9.12. The minimum atomic E-state index is -0.691. The Hall–Kier alpha value is -1.12. The summed E-state index contributed by atoms with van der Waals surface area (Å²) in [5.41, 5.74) is 7.52. The van der Waals surface area contributed by atoms with Gasteiger partial charge in [-0.1, -0.05) is 12.1 Å². The van der Waals surface area contributed by atoms with Gasteiger partial charge < -0.3 is 15.8 Å². The molecule has 3 N–H and O–H groups in total. The number of benzene rings is 1. The van der Waals surface area contributed by atoms with Crippen molar-refractivity contribution in [2.45, 2.75) is 10.9 Å². The van der Waals surface area contributed by atoms with Gasteiger partial charge in [-0.15, -0.1) is 35.5 Å². The van der Waals surface area contributed by atoms with E-state index in [1.807, 2.05) is 35.9 Å². The van der Waals surface area contributed by atoms with E-state index in [1.54, 1.807) is 11.8 Å². The standard InChI is InChI=1S/C14H17N3O2S2.ClH/c1-19-7-11(15)13(18)17-14-16-12(8-21-14)9-3-5-10(20-2)6-4-9;/h3-6,8,11H,7,15H2,1-2H3,(H,16,17,18);1H. The zero-order valence-corrected chi connectivity index (χ0v) is 14.7. The second-order valence-electron chi connectivity index (χ2n) is 4.32. The van der Waals surface area contributed by atoms with E-state index in [9.17, 15) is 4.79 Å². The molecule has 2 aromatic rings. The van der Waals surface area contributed by atoms with Crippen LogP contribution in [0.4, 0.5) is 5.13 Å². The summed E-state index contributed by atoms with van der Waals surface area (Å²) < 4.78 is 4.85. The number of carbonyl (C=O) groups is 1. The van der Waals surface area contributed by atoms with Crippen LogP contribution >= 0.6 is 35.5 Å². The molecule has 5 nitrogen and oxygen atoms in total. The molecular formula is C14H18ClN3O2S2. The third-order valence-corrected chi connectivity index (χ3v) is 4.30. The van der Waals surface area contributed by atoms with Crippen LogP contribution < -0.4 is 11.1 Å². The average molecular weight is 360 g/mol. The molecule has 1 amide bonds. The van der Waals surface area contributed by atoms with E-state index in [0.717, 1.165) is 11.3 Å². The molecule has 0 fully saturated rings. The molecule has 0 bridgehead atoms. The Morgan fingerprint density at radius 1 is 1.45 bits per heavy atom. The number of thioether (sulfide) groups is 1. The van der Waals surface area contributed by atoms with E-state index in [2.05, 4.69) is 10.3 Å². The maximum absolute atomic E-state index is 11.8. The Morgan fingerprint density at radius 3 is 2.73 bits per heavy atom. The van der Waals surface area contributed by atoms with Crippen molar-refractivity contribution in [1.29, 1.82) is 0 Å². The molecule has 1 atom stereocenters. The van der Waals surface area contributed by atoms with Gasteiger partial charge in [-0.2, -0.15) is 0 Å². The normalized spacial score (nSPS) is 11.6. The number of anilines is 1. The predicted molar refractivity (Wildman–Crippen MR) is 95.1 cm³/mol. The summed E-state index contributed by atoms with van der Waals surface area (Å²) in [7, 11) is 1.51. The van der Waals surface area contributed by atoms with Crippen LogP contribution in [0.5, 0.6) is 0 Å². The number of carbonyl (C=O) groups excluding carboxylic acids is 1. The van der Waals surface area contributed by atoms with Crippen LogP contribution in [-0.2, 0) is 9.53 Å². The smallest absolute Gasteiger partial charge is 0.245 e. The summed E-state index contributed by atoms with van der Waals surface area (Å²) in [5, 5.41) is 5.14. The molecule has 1 aromatic heterocycles. The van der Waals surface area contributed by atoms with Crippen LogP contribution in [0.3, 0.4) is 0 Å². The first-order valence-electron chi connectivity index (χ1n) is 6.29. The maximum atomic E-state index is 11.8. The summed E-state index contributed by atoms with van der Waals surface area (Å²) in [6.07, 6.45) is 2.04. The summed E-state index contributed by atoms with van der Waals surface area (Å²) in [4.78, 5) is 17.4. The molecule has 0 saturated heterocycles. The molecule has 120 valence electrons. The highest BCUT2D eigenvalue weighted by atomic mass is 35.5. The third-order valence-electron chi connectivity index (χ3n) is 2.80. The van der Waals surface area contributed by atoms with Gasteiger partial charge in [0, 0.05) is 22.9 Å². The number of thiazole rings is 1. The zero-order chi connectivity index (χ0) is 15.2. The quantitative estimate of drug-likeness (QED) is 0.775. The first-order chi connectivity index (χ1) is 10.1. The topological polar surface area (TPSA) is 77.2 Å². The Balaban J connectivity index is 0.00000242. The van der Waals surface area contributed by atoms with Crippen LogP contribution in [0.25, 0.3) is 11.3 Å². The molecule has 1 aromatic carbocycles. The van der Waals surface area contributed by atoms with Gasteiger partial charge in [0.05, 0.1) is 12.3 Å². The number of nitrogens with two attached hydrogens (primary N) is 1. The van der Waals surface area contributed by atoms with E-state index in [1.165, 1.54) is 23.3 Å². The number of hydrogen-bond donors (Lipinski definition) is 2. The lowest BCUT2D eigenvalue weighted by Gasteiger charge is -2.08. The first-order valence-corrected chi connectivity index (χ1v) is 8.40. The van der Waals surface area contributed by atoms with Gasteiger partial charge in [-0.25, -0.2) is 4.98 Å². The summed E-state index contributed by atoms with van der Waals surface area (Å²) in [6, 6.07) is 7.44.